The monoisotopic (exact) mass is 406 g/mol. The van der Waals surface area contributed by atoms with E-state index in [1.54, 1.807) is 6.92 Å². The molecule has 29 heavy (non-hydrogen) atoms. The number of fused-ring (bicyclic) bond motifs is 1. The van der Waals surface area contributed by atoms with Gasteiger partial charge in [0.25, 0.3) is 5.56 Å². The molecule has 1 N–H and O–H groups in total. The van der Waals surface area contributed by atoms with E-state index in [9.17, 15) is 9.59 Å². The highest BCUT2D eigenvalue weighted by atomic mass is 32.1. The van der Waals surface area contributed by atoms with Crippen molar-refractivity contribution in [3.63, 3.8) is 0 Å². The number of H-pyrrole nitrogens is 1. The van der Waals surface area contributed by atoms with Gasteiger partial charge in [0.1, 0.15) is 34.5 Å². The molecule has 0 spiro atoms. The van der Waals surface area contributed by atoms with Gasteiger partial charge in [0, 0.05) is 5.56 Å². The normalized spacial score (nSPS) is 10.8. The van der Waals surface area contributed by atoms with Gasteiger partial charge in [0.2, 0.25) is 0 Å². The molecule has 6 nitrogen and oxygen atoms in total. The van der Waals surface area contributed by atoms with Crippen LogP contribution < -0.4 is 10.3 Å². The number of nitrogens with one attached hydrogen (secondary N) is 1. The fraction of sp³-hybridized carbons (Fsp3) is 0.136. The van der Waals surface area contributed by atoms with Gasteiger partial charge in [0.05, 0.1) is 5.39 Å². The number of hydrogen-bond acceptors (Lipinski definition) is 6. The molecule has 2 heterocycles. The van der Waals surface area contributed by atoms with Crippen LogP contribution in [0, 0.1) is 6.92 Å². The zero-order chi connectivity index (χ0) is 20.2. The van der Waals surface area contributed by atoms with Crippen molar-refractivity contribution in [1.29, 1.82) is 0 Å². The highest BCUT2D eigenvalue weighted by molar-refractivity contribution is 7.20. The SMILES string of the molecule is Cc1c(C(=O)OCCOc2ccccc2)sc2nc(-c3ccccc3)[nH]c(=O)c12. The molecule has 4 aromatic rings. The number of esters is 1. The van der Waals surface area contributed by atoms with Crippen LogP contribution in [-0.4, -0.2) is 29.2 Å². The van der Waals surface area contributed by atoms with Crippen LogP contribution in [0.1, 0.15) is 15.2 Å². The van der Waals surface area contributed by atoms with Crippen LogP contribution in [0.2, 0.25) is 0 Å². The van der Waals surface area contributed by atoms with E-state index in [2.05, 4.69) is 9.97 Å². The maximum absolute atomic E-state index is 12.6. The highest BCUT2D eigenvalue weighted by Gasteiger charge is 2.20. The van der Waals surface area contributed by atoms with Crippen molar-refractivity contribution < 1.29 is 14.3 Å². The summed E-state index contributed by atoms with van der Waals surface area (Å²) in [4.78, 5) is 33.3. The summed E-state index contributed by atoms with van der Waals surface area (Å²) < 4.78 is 10.8. The first-order valence-electron chi connectivity index (χ1n) is 9.07. The maximum Gasteiger partial charge on any atom is 0.348 e. The number of aromatic nitrogens is 2. The Hall–Kier alpha value is -3.45. The van der Waals surface area contributed by atoms with Crippen molar-refractivity contribution in [3.05, 3.63) is 81.5 Å². The summed E-state index contributed by atoms with van der Waals surface area (Å²) in [5.74, 6) is 0.703. The molecule has 0 aliphatic heterocycles. The average molecular weight is 406 g/mol. The number of thiophene rings is 1. The molecule has 146 valence electrons. The van der Waals surface area contributed by atoms with Gasteiger partial charge in [0.15, 0.2) is 0 Å². The van der Waals surface area contributed by atoms with E-state index in [-0.39, 0.29) is 18.8 Å². The average Bonchev–Trinajstić information content (AvgIpc) is 3.09. The molecular formula is C22H18N2O4S. The molecule has 0 saturated heterocycles. The number of benzene rings is 2. The molecule has 0 aliphatic carbocycles. The number of carbonyl (C=O) groups is 1. The largest absolute Gasteiger partial charge is 0.490 e. The van der Waals surface area contributed by atoms with Crippen LogP contribution in [-0.2, 0) is 4.74 Å². The Morgan fingerprint density at radius 3 is 2.45 bits per heavy atom. The van der Waals surface area contributed by atoms with E-state index in [1.807, 2.05) is 60.7 Å². The number of rotatable bonds is 6. The summed E-state index contributed by atoms with van der Waals surface area (Å²) in [6.07, 6.45) is 0. The molecule has 0 amide bonds. The Bertz CT molecular complexity index is 1200. The van der Waals surface area contributed by atoms with Gasteiger partial charge in [-0.15, -0.1) is 11.3 Å². The summed E-state index contributed by atoms with van der Waals surface area (Å²) >= 11 is 1.16. The Morgan fingerprint density at radius 2 is 1.72 bits per heavy atom. The first-order chi connectivity index (χ1) is 14.1. The standard InChI is InChI=1S/C22H18N2O4S/c1-14-17-20(25)23-19(15-8-4-2-5-9-15)24-21(17)29-18(14)22(26)28-13-12-27-16-10-6-3-7-11-16/h2-11H,12-13H2,1H3,(H,23,24,25). The van der Waals surface area contributed by atoms with Crippen LogP contribution in [0.4, 0.5) is 0 Å². The summed E-state index contributed by atoms with van der Waals surface area (Å²) in [5, 5.41) is 0.419. The number of aromatic amines is 1. The molecular weight excluding hydrogens is 388 g/mol. The fourth-order valence-electron chi connectivity index (χ4n) is 2.95. The van der Waals surface area contributed by atoms with Crippen molar-refractivity contribution >= 4 is 27.5 Å². The third-order valence-electron chi connectivity index (χ3n) is 4.36. The predicted molar refractivity (Wildman–Crippen MR) is 113 cm³/mol. The topological polar surface area (TPSA) is 81.3 Å². The Labute approximate surface area is 170 Å². The van der Waals surface area contributed by atoms with Crippen molar-refractivity contribution in [3.8, 4) is 17.1 Å². The first kappa shape index (κ1) is 18.9. The molecule has 0 atom stereocenters. The molecule has 0 fully saturated rings. The van der Waals surface area contributed by atoms with Gasteiger partial charge in [-0.1, -0.05) is 48.5 Å². The molecule has 0 unspecified atom stereocenters. The summed E-state index contributed by atoms with van der Waals surface area (Å²) in [7, 11) is 0. The van der Waals surface area contributed by atoms with E-state index in [0.29, 0.717) is 32.2 Å². The van der Waals surface area contributed by atoms with Gasteiger partial charge in [-0.05, 0) is 24.6 Å². The predicted octanol–water partition coefficient (Wildman–Crippen LogP) is 4.20. The molecule has 0 aliphatic rings. The van der Waals surface area contributed by atoms with Crippen LogP contribution in [0.3, 0.4) is 0 Å². The van der Waals surface area contributed by atoms with Crippen molar-refractivity contribution in [2.45, 2.75) is 6.92 Å². The summed E-state index contributed by atoms with van der Waals surface area (Å²) in [6, 6.07) is 18.7. The Morgan fingerprint density at radius 1 is 1.03 bits per heavy atom. The van der Waals surface area contributed by atoms with Gasteiger partial charge in [-0.2, -0.15) is 0 Å². The molecule has 0 saturated carbocycles. The van der Waals surface area contributed by atoms with Crippen LogP contribution in [0.5, 0.6) is 5.75 Å². The maximum atomic E-state index is 12.6. The van der Waals surface area contributed by atoms with Gasteiger partial charge in [-0.25, -0.2) is 9.78 Å². The lowest BCUT2D eigenvalue weighted by molar-refractivity contribution is 0.0455. The molecule has 0 bridgehead atoms. The van der Waals surface area contributed by atoms with Gasteiger partial charge in [-0.3, -0.25) is 4.79 Å². The minimum absolute atomic E-state index is 0.112. The lowest BCUT2D eigenvalue weighted by atomic mass is 10.2. The quantitative estimate of drug-likeness (QED) is 0.383. The zero-order valence-corrected chi connectivity index (χ0v) is 16.5. The number of para-hydroxylation sites is 1. The van der Waals surface area contributed by atoms with E-state index >= 15 is 0 Å². The minimum atomic E-state index is -0.483. The van der Waals surface area contributed by atoms with E-state index in [1.165, 1.54) is 0 Å². The first-order valence-corrected chi connectivity index (χ1v) is 9.89. The lowest BCUT2D eigenvalue weighted by Crippen LogP contribution is -2.13. The molecule has 0 radical (unpaired) electrons. The highest BCUT2D eigenvalue weighted by Crippen LogP contribution is 2.29. The van der Waals surface area contributed by atoms with E-state index < -0.39 is 5.97 Å². The molecule has 2 aromatic heterocycles. The van der Waals surface area contributed by atoms with Crippen LogP contribution in [0.15, 0.2) is 65.5 Å². The second kappa shape index (κ2) is 8.28. The van der Waals surface area contributed by atoms with Crippen LogP contribution >= 0.6 is 11.3 Å². The lowest BCUT2D eigenvalue weighted by Gasteiger charge is -2.06. The third-order valence-corrected chi connectivity index (χ3v) is 5.53. The van der Waals surface area contributed by atoms with Crippen molar-refractivity contribution in [1.82, 2.24) is 9.97 Å². The molecule has 2 aromatic carbocycles. The Kier molecular flexibility index (Phi) is 5.39. The molecule has 7 heteroatoms. The number of ether oxygens (including phenoxy) is 2. The second-order valence-electron chi connectivity index (χ2n) is 6.31. The number of aryl methyl sites for hydroxylation is 1. The van der Waals surface area contributed by atoms with E-state index in [0.717, 1.165) is 16.9 Å². The smallest absolute Gasteiger partial charge is 0.348 e. The Balaban J connectivity index is 1.51. The third kappa shape index (κ3) is 4.05. The zero-order valence-electron chi connectivity index (χ0n) is 15.7. The fourth-order valence-corrected chi connectivity index (χ4v) is 4.02. The van der Waals surface area contributed by atoms with Crippen molar-refractivity contribution in [2.24, 2.45) is 0 Å². The number of hydrogen-bond donors (Lipinski definition) is 1. The van der Waals surface area contributed by atoms with Crippen molar-refractivity contribution in [2.75, 3.05) is 13.2 Å². The van der Waals surface area contributed by atoms with Gasteiger partial charge >= 0.3 is 5.97 Å². The number of nitrogens with zero attached hydrogens (tertiary/aromatic N) is 1. The number of carbonyl (C=O) groups excluding carboxylic acids is 1. The second-order valence-corrected chi connectivity index (χ2v) is 7.31. The van der Waals surface area contributed by atoms with Crippen LogP contribution in [0.25, 0.3) is 21.6 Å². The summed E-state index contributed by atoms with van der Waals surface area (Å²) in [5.41, 5.74) is 1.11. The minimum Gasteiger partial charge on any atom is -0.490 e. The summed E-state index contributed by atoms with van der Waals surface area (Å²) in [6.45, 7) is 2.09. The van der Waals surface area contributed by atoms with Gasteiger partial charge < -0.3 is 14.5 Å². The molecule has 4 rings (SSSR count). The van der Waals surface area contributed by atoms with E-state index in [4.69, 9.17) is 9.47 Å².